The molecule has 0 unspecified atom stereocenters. The van der Waals surface area contributed by atoms with Gasteiger partial charge in [-0.3, -0.25) is 9.59 Å². The molecule has 0 aromatic heterocycles. The predicted molar refractivity (Wildman–Crippen MR) is 152 cm³/mol. The lowest BCUT2D eigenvalue weighted by Gasteiger charge is -2.12. The van der Waals surface area contributed by atoms with Crippen LogP contribution in [0.5, 0.6) is 0 Å². The number of aliphatic hydroxyl groups excluding tert-OH is 3. The Morgan fingerprint density at radius 3 is 1.84 bits per heavy atom. The number of allylic oxidation sites excluding steroid dienone is 5. The molecule has 3 atom stereocenters. The fraction of sp³-hybridized carbons (Fsp3) is 0.677. The van der Waals surface area contributed by atoms with Gasteiger partial charge in [0.1, 0.15) is 19.3 Å². The SMILES string of the molecule is CCCCC/C=C\C[C@@H](O)/C=C/C=C/C=C\[C@@H](O)CCCC(=O)OC[C@H](O)COC(=O)CCCCCCC. The fourth-order valence-electron chi connectivity index (χ4n) is 3.45. The highest BCUT2D eigenvalue weighted by Crippen LogP contribution is 2.07. The zero-order valence-electron chi connectivity index (χ0n) is 23.6. The highest BCUT2D eigenvalue weighted by molar-refractivity contribution is 5.69. The van der Waals surface area contributed by atoms with Gasteiger partial charge in [-0.15, -0.1) is 0 Å². The van der Waals surface area contributed by atoms with Crippen molar-refractivity contribution in [2.75, 3.05) is 13.2 Å². The summed E-state index contributed by atoms with van der Waals surface area (Å²) in [5, 5.41) is 29.7. The van der Waals surface area contributed by atoms with Crippen LogP contribution >= 0.6 is 0 Å². The van der Waals surface area contributed by atoms with Crippen molar-refractivity contribution in [2.45, 2.75) is 122 Å². The minimum absolute atomic E-state index is 0.124. The third-order valence-electron chi connectivity index (χ3n) is 5.76. The normalized spacial score (nSPS) is 14.6. The van der Waals surface area contributed by atoms with Crippen LogP contribution in [0.3, 0.4) is 0 Å². The Kier molecular flexibility index (Phi) is 24.8. The number of carbonyl (C=O) groups excluding carboxylic acids is 2. The first-order valence-electron chi connectivity index (χ1n) is 14.4. The van der Waals surface area contributed by atoms with Crippen molar-refractivity contribution >= 4 is 11.9 Å². The van der Waals surface area contributed by atoms with E-state index in [0.29, 0.717) is 25.7 Å². The van der Waals surface area contributed by atoms with Crippen LogP contribution in [0.1, 0.15) is 104 Å². The van der Waals surface area contributed by atoms with Crippen molar-refractivity contribution in [3.63, 3.8) is 0 Å². The number of carbonyl (C=O) groups is 2. The van der Waals surface area contributed by atoms with Crippen molar-refractivity contribution in [1.82, 2.24) is 0 Å². The first-order chi connectivity index (χ1) is 18.4. The molecule has 0 saturated heterocycles. The van der Waals surface area contributed by atoms with Crippen LogP contribution in [-0.2, 0) is 19.1 Å². The molecule has 0 spiro atoms. The summed E-state index contributed by atoms with van der Waals surface area (Å²) in [6, 6.07) is 0. The summed E-state index contributed by atoms with van der Waals surface area (Å²) < 4.78 is 10.0. The first kappa shape index (κ1) is 35.8. The molecule has 0 heterocycles. The Labute approximate surface area is 230 Å². The molecule has 0 rings (SSSR count). The van der Waals surface area contributed by atoms with Gasteiger partial charge in [0.15, 0.2) is 0 Å². The van der Waals surface area contributed by atoms with Crippen molar-refractivity contribution in [3.8, 4) is 0 Å². The second-order valence-electron chi connectivity index (χ2n) is 9.57. The van der Waals surface area contributed by atoms with E-state index in [4.69, 9.17) is 9.47 Å². The Balaban J connectivity index is 3.86. The summed E-state index contributed by atoms with van der Waals surface area (Å²) in [4.78, 5) is 23.5. The molecule has 0 amide bonds. The summed E-state index contributed by atoms with van der Waals surface area (Å²) in [7, 11) is 0. The lowest BCUT2D eigenvalue weighted by Crippen LogP contribution is -2.25. The molecule has 0 fully saturated rings. The molecule has 0 saturated carbocycles. The van der Waals surface area contributed by atoms with Gasteiger partial charge in [0.25, 0.3) is 0 Å². The zero-order valence-corrected chi connectivity index (χ0v) is 23.6. The van der Waals surface area contributed by atoms with Gasteiger partial charge < -0.3 is 24.8 Å². The molecule has 0 radical (unpaired) electrons. The maximum Gasteiger partial charge on any atom is 0.305 e. The van der Waals surface area contributed by atoms with Crippen LogP contribution in [0.4, 0.5) is 0 Å². The van der Waals surface area contributed by atoms with Crippen molar-refractivity contribution in [3.05, 3.63) is 48.6 Å². The van der Waals surface area contributed by atoms with E-state index >= 15 is 0 Å². The lowest BCUT2D eigenvalue weighted by atomic mass is 10.1. The topological polar surface area (TPSA) is 113 Å². The standard InChI is InChI=1S/C31H52O7/c1-3-5-7-9-11-14-19-27(32)20-15-12-13-16-21-28(33)22-18-24-31(36)38-26-29(34)25-37-30(35)23-17-10-8-6-4-2/h11-16,20-21,27-29,32-34H,3-10,17-19,22-26H2,1-2H3/b13-12+,14-11-,20-15+,21-16-/t27-,28-,29-/m1/s1. The molecular weight excluding hydrogens is 484 g/mol. The highest BCUT2D eigenvalue weighted by Gasteiger charge is 2.12. The van der Waals surface area contributed by atoms with Gasteiger partial charge in [-0.1, -0.05) is 101 Å². The van der Waals surface area contributed by atoms with E-state index in [1.165, 1.54) is 19.3 Å². The van der Waals surface area contributed by atoms with Gasteiger partial charge in [-0.25, -0.2) is 0 Å². The van der Waals surface area contributed by atoms with Gasteiger partial charge in [-0.05, 0) is 38.5 Å². The molecule has 0 bridgehead atoms. The Morgan fingerprint density at radius 2 is 1.21 bits per heavy atom. The van der Waals surface area contributed by atoms with Crippen molar-refractivity contribution < 1.29 is 34.4 Å². The number of rotatable bonds is 24. The van der Waals surface area contributed by atoms with E-state index in [1.807, 2.05) is 6.08 Å². The second-order valence-corrected chi connectivity index (χ2v) is 9.57. The summed E-state index contributed by atoms with van der Waals surface area (Å²) in [5.41, 5.74) is 0. The maximum absolute atomic E-state index is 11.8. The van der Waals surface area contributed by atoms with E-state index in [9.17, 15) is 24.9 Å². The minimum Gasteiger partial charge on any atom is -0.463 e. The van der Waals surface area contributed by atoms with Crippen LogP contribution in [-0.4, -0.2) is 58.8 Å². The lowest BCUT2D eigenvalue weighted by molar-refractivity contribution is -0.152. The molecule has 0 aromatic rings. The molecule has 0 aromatic carbocycles. The van der Waals surface area contributed by atoms with E-state index in [-0.39, 0.29) is 25.6 Å². The molecule has 38 heavy (non-hydrogen) atoms. The third-order valence-corrected chi connectivity index (χ3v) is 5.76. The fourth-order valence-corrected chi connectivity index (χ4v) is 3.45. The first-order valence-corrected chi connectivity index (χ1v) is 14.4. The van der Waals surface area contributed by atoms with Gasteiger partial charge in [-0.2, -0.15) is 0 Å². The summed E-state index contributed by atoms with van der Waals surface area (Å²) in [6.07, 6.45) is 24.0. The van der Waals surface area contributed by atoms with E-state index in [2.05, 4.69) is 19.9 Å². The Bertz CT molecular complexity index is 696. The number of ether oxygens (including phenoxy) is 2. The summed E-state index contributed by atoms with van der Waals surface area (Å²) >= 11 is 0. The number of hydrogen-bond acceptors (Lipinski definition) is 7. The molecule has 7 heteroatoms. The molecule has 3 N–H and O–H groups in total. The van der Waals surface area contributed by atoms with Crippen LogP contribution in [0.15, 0.2) is 48.6 Å². The largest absolute Gasteiger partial charge is 0.463 e. The average molecular weight is 537 g/mol. The van der Waals surface area contributed by atoms with Crippen LogP contribution in [0.25, 0.3) is 0 Å². The van der Waals surface area contributed by atoms with Gasteiger partial charge >= 0.3 is 11.9 Å². The van der Waals surface area contributed by atoms with Crippen LogP contribution in [0.2, 0.25) is 0 Å². The van der Waals surface area contributed by atoms with E-state index in [1.54, 1.807) is 36.5 Å². The van der Waals surface area contributed by atoms with Gasteiger partial charge in [0, 0.05) is 12.8 Å². The molecule has 218 valence electrons. The number of esters is 2. The summed E-state index contributed by atoms with van der Waals surface area (Å²) in [6.45, 7) is 3.89. The molecule has 7 nitrogen and oxygen atoms in total. The molecule has 0 aliphatic rings. The average Bonchev–Trinajstić information content (AvgIpc) is 2.90. The van der Waals surface area contributed by atoms with E-state index < -0.39 is 24.3 Å². The van der Waals surface area contributed by atoms with Crippen molar-refractivity contribution in [1.29, 1.82) is 0 Å². The highest BCUT2D eigenvalue weighted by atomic mass is 16.6. The van der Waals surface area contributed by atoms with Crippen LogP contribution < -0.4 is 0 Å². The van der Waals surface area contributed by atoms with Crippen molar-refractivity contribution in [2.24, 2.45) is 0 Å². The predicted octanol–water partition coefficient (Wildman–Crippen LogP) is 5.88. The Morgan fingerprint density at radius 1 is 0.658 bits per heavy atom. The summed E-state index contributed by atoms with van der Waals surface area (Å²) in [5.74, 6) is -0.819. The van der Waals surface area contributed by atoms with Gasteiger partial charge in [0.05, 0.1) is 12.2 Å². The van der Waals surface area contributed by atoms with Crippen LogP contribution in [0, 0.1) is 0 Å². The quantitative estimate of drug-likeness (QED) is 0.0611. The molecule has 0 aliphatic carbocycles. The molecular formula is C31H52O7. The maximum atomic E-state index is 11.8. The Hall–Kier alpha value is -2.22. The number of unbranched alkanes of at least 4 members (excludes halogenated alkanes) is 7. The second kappa shape index (κ2) is 26.4. The minimum atomic E-state index is -1.05. The van der Waals surface area contributed by atoms with Gasteiger partial charge in [0.2, 0.25) is 0 Å². The monoisotopic (exact) mass is 536 g/mol. The smallest absolute Gasteiger partial charge is 0.305 e. The number of hydrogen-bond donors (Lipinski definition) is 3. The van der Waals surface area contributed by atoms with E-state index in [0.717, 1.165) is 38.5 Å². The zero-order chi connectivity index (χ0) is 28.3. The third kappa shape index (κ3) is 25.4. The molecule has 0 aliphatic heterocycles. The number of aliphatic hydroxyl groups is 3.